The molecule has 0 saturated carbocycles. The van der Waals surface area contributed by atoms with Gasteiger partial charge in [0.15, 0.2) is 5.71 Å². The van der Waals surface area contributed by atoms with Crippen LogP contribution in [0.4, 0.5) is 5.69 Å². The molecule has 1 amide bonds. The summed E-state index contributed by atoms with van der Waals surface area (Å²) < 4.78 is 22.3. The summed E-state index contributed by atoms with van der Waals surface area (Å²) in [5.74, 6) is -0.550. The Kier molecular flexibility index (Phi) is 5.24. The molecule has 0 spiro atoms. The number of carbonyl (C=O) groups is 1. The summed E-state index contributed by atoms with van der Waals surface area (Å²) in [7, 11) is 1.36. The fourth-order valence-corrected chi connectivity index (χ4v) is 2.57. The van der Waals surface area contributed by atoms with Crippen molar-refractivity contribution in [2.24, 2.45) is 15.3 Å². The van der Waals surface area contributed by atoms with Gasteiger partial charge in [0, 0.05) is 10.7 Å². The first-order chi connectivity index (χ1) is 11.4. The summed E-state index contributed by atoms with van der Waals surface area (Å²) in [5, 5.41) is 30.0. The van der Waals surface area contributed by atoms with Crippen LogP contribution in [0.15, 0.2) is 44.5 Å². The van der Waals surface area contributed by atoms with Crippen molar-refractivity contribution >= 4 is 37.0 Å². The van der Waals surface area contributed by atoms with Crippen molar-refractivity contribution in [3.8, 4) is 12.1 Å². The average molecular weight is 365 g/mol. The molecule has 1 aliphatic heterocycles. The highest BCUT2D eigenvalue weighted by Gasteiger charge is 2.36. The smallest absolute Gasteiger partial charge is 0.270 e. The van der Waals surface area contributed by atoms with Gasteiger partial charge in [0.1, 0.15) is 6.07 Å². The molecule has 0 bridgehead atoms. The molecule has 0 saturated heterocycles. The molecule has 1 aliphatic rings. The van der Waals surface area contributed by atoms with Gasteiger partial charge in [-0.3, -0.25) is 4.79 Å². The molecule has 122 valence electrons. The van der Waals surface area contributed by atoms with Crippen LogP contribution in [0, 0.1) is 22.7 Å². The second kappa shape index (κ2) is 7.17. The summed E-state index contributed by atoms with van der Waals surface area (Å²) in [5.41, 5.74) is 0.154. The van der Waals surface area contributed by atoms with Crippen LogP contribution < -0.4 is 0 Å². The third kappa shape index (κ3) is 3.93. The molecule has 1 unspecified atom stereocenters. The monoisotopic (exact) mass is 364 g/mol. The Morgan fingerprint density at radius 2 is 1.96 bits per heavy atom. The lowest BCUT2D eigenvalue weighted by molar-refractivity contribution is -0.129. The molecule has 1 aromatic carbocycles. The average Bonchev–Trinajstić information content (AvgIpc) is 2.86. The molecule has 24 heavy (non-hydrogen) atoms. The molecule has 0 radical (unpaired) electrons. The number of hydrogen-bond acceptors (Lipinski definition) is 8. The molecule has 1 heterocycles. The normalized spacial score (nSPS) is 17.6. The van der Waals surface area contributed by atoms with E-state index in [1.165, 1.54) is 24.3 Å². The number of rotatable bonds is 5. The van der Waals surface area contributed by atoms with Crippen molar-refractivity contribution in [3.63, 3.8) is 0 Å². The zero-order valence-corrected chi connectivity index (χ0v) is 13.6. The number of carbonyl (C=O) groups excluding carboxylic acids is 1. The van der Waals surface area contributed by atoms with Crippen molar-refractivity contribution < 1.29 is 13.2 Å². The fourth-order valence-electron chi connectivity index (χ4n) is 1.80. The summed E-state index contributed by atoms with van der Waals surface area (Å²) in [6.45, 7) is 0.0643. The predicted octanol–water partition coefficient (Wildman–Crippen LogP) is 1.70. The molecule has 9 nitrogen and oxygen atoms in total. The van der Waals surface area contributed by atoms with Gasteiger partial charge in [0.2, 0.25) is 6.04 Å². The molecule has 0 aliphatic carbocycles. The first-order valence-electron chi connectivity index (χ1n) is 6.49. The van der Waals surface area contributed by atoms with E-state index in [2.05, 4.69) is 15.3 Å². The van der Waals surface area contributed by atoms with Gasteiger partial charge in [-0.25, -0.2) is 13.4 Å². The van der Waals surface area contributed by atoms with Crippen LogP contribution in [0.3, 0.4) is 0 Å². The van der Waals surface area contributed by atoms with Crippen LogP contribution in [0.5, 0.6) is 0 Å². The summed E-state index contributed by atoms with van der Waals surface area (Å²) in [6, 6.07) is 7.67. The maximum Gasteiger partial charge on any atom is 0.276 e. The van der Waals surface area contributed by atoms with Crippen LogP contribution in [0.2, 0.25) is 0 Å². The Hall–Kier alpha value is -2.82. The Balaban J connectivity index is 2.17. The molecule has 11 heteroatoms. The molecule has 0 N–H and O–H groups in total. The van der Waals surface area contributed by atoms with Crippen LogP contribution in [-0.2, 0) is 13.8 Å². The zero-order chi connectivity index (χ0) is 17.7. The number of hydrogen-bond donors (Lipinski definition) is 0. The summed E-state index contributed by atoms with van der Waals surface area (Å²) in [4.78, 5) is 12.0. The summed E-state index contributed by atoms with van der Waals surface area (Å²) in [6.07, 6.45) is 0.0756. The number of nitriles is 2. The first kappa shape index (κ1) is 17.5. The van der Waals surface area contributed by atoms with Crippen molar-refractivity contribution in [2.45, 2.75) is 17.4 Å². The number of nitrogens with zero attached hydrogens (tertiary/aromatic N) is 6. The number of azo groups is 1. The van der Waals surface area contributed by atoms with Gasteiger partial charge in [-0.2, -0.15) is 25.9 Å². The quantitative estimate of drug-likeness (QED) is 0.577. The Morgan fingerprint density at radius 1 is 1.29 bits per heavy atom. The lowest BCUT2D eigenvalue weighted by Crippen LogP contribution is -2.30. The number of amides is 1. The Bertz CT molecular complexity index is 895. The number of hydrazone groups is 1. The lowest BCUT2D eigenvalue weighted by Gasteiger charge is -2.09. The van der Waals surface area contributed by atoms with Gasteiger partial charge < -0.3 is 0 Å². The van der Waals surface area contributed by atoms with Crippen LogP contribution >= 0.6 is 10.7 Å². The molecular formula is C13H9ClN6O3S. The van der Waals surface area contributed by atoms with Crippen LogP contribution in [0.25, 0.3) is 0 Å². The minimum Gasteiger partial charge on any atom is -0.270 e. The van der Waals surface area contributed by atoms with E-state index in [1.54, 1.807) is 6.07 Å². The van der Waals surface area contributed by atoms with Crippen molar-refractivity contribution in [3.05, 3.63) is 24.3 Å². The van der Waals surface area contributed by atoms with Gasteiger partial charge in [0.05, 0.1) is 29.6 Å². The first-order valence-corrected chi connectivity index (χ1v) is 8.80. The van der Waals surface area contributed by atoms with E-state index in [0.29, 0.717) is 0 Å². The van der Waals surface area contributed by atoms with E-state index in [4.69, 9.17) is 21.2 Å². The van der Waals surface area contributed by atoms with E-state index >= 15 is 0 Å². The predicted molar refractivity (Wildman–Crippen MR) is 82.8 cm³/mol. The molecular weight excluding hydrogens is 356 g/mol. The fraction of sp³-hybridized carbons (Fsp3) is 0.231. The van der Waals surface area contributed by atoms with Crippen LogP contribution in [-0.4, -0.2) is 37.6 Å². The highest BCUT2D eigenvalue weighted by atomic mass is 35.7. The molecule has 1 atom stereocenters. The van der Waals surface area contributed by atoms with E-state index in [9.17, 15) is 13.2 Å². The van der Waals surface area contributed by atoms with Crippen LogP contribution in [0.1, 0.15) is 6.42 Å². The topological polar surface area (TPSA) is 139 Å². The number of benzene rings is 1. The standard InChI is InChI=1S/C13H9ClN6O3S/c14-24(22,23)10-4-2-9(3-5-10)17-18-12-11(8-16)19-20(13(12)21)7-1-6-15/h2-5,12H,1,7H2. The van der Waals surface area contributed by atoms with E-state index in [0.717, 1.165) is 5.01 Å². The van der Waals surface area contributed by atoms with Gasteiger partial charge in [-0.15, -0.1) is 0 Å². The van der Waals surface area contributed by atoms with E-state index in [1.807, 2.05) is 6.07 Å². The van der Waals surface area contributed by atoms with Crippen molar-refractivity contribution in [1.82, 2.24) is 5.01 Å². The highest BCUT2D eigenvalue weighted by molar-refractivity contribution is 8.13. The van der Waals surface area contributed by atoms with Gasteiger partial charge in [0.25, 0.3) is 15.0 Å². The highest BCUT2D eigenvalue weighted by Crippen LogP contribution is 2.21. The minimum atomic E-state index is -3.84. The molecule has 0 fully saturated rings. The SMILES string of the molecule is N#CCCN1N=C(C#N)C(N=Nc2ccc(S(=O)(=O)Cl)cc2)C1=O. The maximum atomic E-state index is 12.1. The lowest BCUT2D eigenvalue weighted by atomic mass is 10.2. The zero-order valence-electron chi connectivity index (χ0n) is 12.0. The molecule has 2 rings (SSSR count). The van der Waals surface area contributed by atoms with Gasteiger partial charge in [-0.05, 0) is 24.3 Å². The van der Waals surface area contributed by atoms with Crippen molar-refractivity contribution in [2.75, 3.05) is 6.54 Å². The second-order valence-corrected chi connectivity index (χ2v) is 7.08. The van der Waals surface area contributed by atoms with E-state index < -0.39 is 21.0 Å². The number of halogens is 1. The van der Waals surface area contributed by atoms with Gasteiger partial charge in [-0.1, -0.05) is 0 Å². The second-order valence-electron chi connectivity index (χ2n) is 4.52. The van der Waals surface area contributed by atoms with Gasteiger partial charge >= 0.3 is 0 Å². The van der Waals surface area contributed by atoms with Crippen molar-refractivity contribution in [1.29, 1.82) is 10.5 Å². The Labute approximate surface area is 141 Å². The Morgan fingerprint density at radius 3 is 2.50 bits per heavy atom. The third-order valence-electron chi connectivity index (χ3n) is 2.93. The largest absolute Gasteiger partial charge is 0.276 e. The third-order valence-corrected chi connectivity index (χ3v) is 4.30. The summed E-state index contributed by atoms with van der Waals surface area (Å²) >= 11 is 0. The molecule has 1 aromatic rings. The molecule has 0 aromatic heterocycles. The van der Waals surface area contributed by atoms with E-state index in [-0.39, 0.29) is 29.3 Å². The maximum absolute atomic E-state index is 12.1. The minimum absolute atomic E-state index is 0.0643.